The molecule has 1 aromatic carbocycles. The smallest absolute Gasteiger partial charge is 0.274 e. The Hall–Kier alpha value is -3.28. The SMILES string of the molecule is Cc1ccc(NC(=O)c2cc(NCc3ccncc3)ncn2)cc1C. The summed E-state index contributed by atoms with van der Waals surface area (Å²) in [4.78, 5) is 24.6. The van der Waals surface area contributed by atoms with Crippen LogP contribution in [0, 0.1) is 13.8 Å². The van der Waals surface area contributed by atoms with Crippen LogP contribution in [0.15, 0.2) is 55.1 Å². The fourth-order valence-electron chi connectivity index (χ4n) is 2.29. The lowest BCUT2D eigenvalue weighted by molar-refractivity contribution is 0.102. The van der Waals surface area contributed by atoms with E-state index in [-0.39, 0.29) is 5.91 Å². The lowest BCUT2D eigenvalue weighted by atomic mass is 10.1. The fourth-order valence-corrected chi connectivity index (χ4v) is 2.29. The van der Waals surface area contributed by atoms with Gasteiger partial charge in [-0.1, -0.05) is 6.07 Å². The summed E-state index contributed by atoms with van der Waals surface area (Å²) in [6.07, 6.45) is 4.85. The van der Waals surface area contributed by atoms with Crippen LogP contribution in [0.5, 0.6) is 0 Å². The molecule has 0 saturated carbocycles. The van der Waals surface area contributed by atoms with Crippen LogP contribution in [-0.2, 0) is 6.54 Å². The van der Waals surface area contributed by atoms with Gasteiger partial charge in [-0.3, -0.25) is 9.78 Å². The van der Waals surface area contributed by atoms with E-state index in [9.17, 15) is 4.79 Å². The number of hydrogen-bond acceptors (Lipinski definition) is 5. The van der Waals surface area contributed by atoms with Gasteiger partial charge in [-0.2, -0.15) is 0 Å². The lowest BCUT2D eigenvalue weighted by Gasteiger charge is -2.09. The molecular weight excluding hydrogens is 314 g/mol. The van der Waals surface area contributed by atoms with Crippen molar-refractivity contribution in [2.75, 3.05) is 10.6 Å². The van der Waals surface area contributed by atoms with Gasteiger partial charge in [0.05, 0.1) is 0 Å². The number of amides is 1. The van der Waals surface area contributed by atoms with E-state index >= 15 is 0 Å². The molecule has 0 unspecified atom stereocenters. The number of aromatic nitrogens is 3. The standard InChI is InChI=1S/C19H19N5O/c1-13-3-4-16(9-14(13)2)24-19(25)17-10-18(23-12-22-17)21-11-15-5-7-20-8-6-15/h3-10,12H,11H2,1-2H3,(H,24,25)(H,21,22,23). The van der Waals surface area contributed by atoms with Crippen LogP contribution in [0.4, 0.5) is 11.5 Å². The van der Waals surface area contributed by atoms with Gasteiger partial charge in [-0.05, 0) is 54.8 Å². The Labute approximate surface area is 146 Å². The maximum Gasteiger partial charge on any atom is 0.274 e. The highest BCUT2D eigenvalue weighted by Crippen LogP contribution is 2.15. The van der Waals surface area contributed by atoms with Gasteiger partial charge in [0.1, 0.15) is 17.8 Å². The highest BCUT2D eigenvalue weighted by atomic mass is 16.1. The van der Waals surface area contributed by atoms with Gasteiger partial charge in [-0.25, -0.2) is 9.97 Å². The van der Waals surface area contributed by atoms with Crippen molar-refractivity contribution in [3.8, 4) is 0 Å². The Balaban J connectivity index is 1.67. The topological polar surface area (TPSA) is 79.8 Å². The minimum atomic E-state index is -0.266. The average Bonchev–Trinajstić information content (AvgIpc) is 2.64. The van der Waals surface area contributed by atoms with Crippen molar-refractivity contribution >= 4 is 17.4 Å². The predicted octanol–water partition coefficient (Wildman–Crippen LogP) is 3.35. The van der Waals surface area contributed by atoms with E-state index in [2.05, 4.69) is 25.6 Å². The quantitative estimate of drug-likeness (QED) is 0.748. The Morgan fingerprint density at radius 2 is 1.80 bits per heavy atom. The van der Waals surface area contributed by atoms with Crippen molar-refractivity contribution in [2.45, 2.75) is 20.4 Å². The number of nitrogens with one attached hydrogen (secondary N) is 2. The largest absolute Gasteiger partial charge is 0.366 e. The first-order valence-electron chi connectivity index (χ1n) is 7.95. The molecule has 2 aromatic heterocycles. The molecule has 6 heteroatoms. The van der Waals surface area contributed by atoms with E-state index in [0.29, 0.717) is 18.1 Å². The molecule has 0 atom stereocenters. The van der Waals surface area contributed by atoms with Gasteiger partial charge >= 0.3 is 0 Å². The van der Waals surface area contributed by atoms with Crippen molar-refractivity contribution in [3.05, 3.63) is 77.5 Å². The highest BCUT2D eigenvalue weighted by Gasteiger charge is 2.09. The molecule has 0 fully saturated rings. The Bertz CT molecular complexity index is 880. The molecule has 0 aliphatic carbocycles. The van der Waals surface area contributed by atoms with Gasteiger partial charge < -0.3 is 10.6 Å². The molecule has 0 aliphatic heterocycles. The average molecular weight is 333 g/mol. The van der Waals surface area contributed by atoms with Crippen LogP contribution >= 0.6 is 0 Å². The van der Waals surface area contributed by atoms with Crippen molar-refractivity contribution in [1.82, 2.24) is 15.0 Å². The van der Waals surface area contributed by atoms with Crippen molar-refractivity contribution < 1.29 is 4.79 Å². The summed E-state index contributed by atoms with van der Waals surface area (Å²) >= 11 is 0. The molecular formula is C19H19N5O. The van der Waals surface area contributed by atoms with Crippen LogP contribution in [0.2, 0.25) is 0 Å². The Kier molecular flexibility index (Phi) is 4.99. The lowest BCUT2D eigenvalue weighted by Crippen LogP contribution is -2.15. The molecule has 0 spiro atoms. The second kappa shape index (κ2) is 7.53. The zero-order chi connectivity index (χ0) is 17.6. The number of hydrogen-bond donors (Lipinski definition) is 2. The number of carbonyl (C=O) groups excluding carboxylic acids is 1. The third kappa shape index (κ3) is 4.38. The Morgan fingerprint density at radius 3 is 2.56 bits per heavy atom. The zero-order valence-corrected chi connectivity index (χ0v) is 14.2. The summed E-state index contributed by atoms with van der Waals surface area (Å²) in [5.41, 5.74) is 4.45. The second-order valence-corrected chi connectivity index (χ2v) is 5.75. The molecule has 126 valence electrons. The number of rotatable bonds is 5. The maximum absolute atomic E-state index is 12.4. The highest BCUT2D eigenvalue weighted by molar-refractivity contribution is 6.03. The molecule has 0 aliphatic rings. The minimum absolute atomic E-state index is 0.266. The van der Waals surface area contributed by atoms with Crippen LogP contribution in [0.1, 0.15) is 27.2 Å². The van der Waals surface area contributed by atoms with E-state index in [4.69, 9.17) is 0 Å². The minimum Gasteiger partial charge on any atom is -0.366 e. The van der Waals surface area contributed by atoms with Gasteiger partial charge in [0.2, 0.25) is 0 Å². The molecule has 2 heterocycles. The predicted molar refractivity (Wildman–Crippen MR) is 97.5 cm³/mol. The van der Waals surface area contributed by atoms with E-state index in [0.717, 1.165) is 16.8 Å². The second-order valence-electron chi connectivity index (χ2n) is 5.75. The molecule has 0 bridgehead atoms. The molecule has 0 radical (unpaired) electrons. The number of anilines is 2. The zero-order valence-electron chi connectivity index (χ0n) is 14.2. The maximum atomic E-state index is 12.4. The number of nitrogens with zero attached hydrogens (tertiary/aromatic N) is 3. The molecule has 1 amide bonds. The summed E-state index contributed by atoms with van der Waals surface area (Å²) < 4.78 is 0. The first-order valence-corrected chi connectivity index (χ1v) is 7.95. The number of carbonyl (C=O) groups is 1. The van der Waals surface area contributed by atoms with Crippen molar-refractivity contribution in [3.63, 3.8) is 0 Å². The fraction of sp³-hybridized carbons (Fsp3) is 0.158. The van der Waals surface area contributed by atoms with E-state index in [1.165, 1.54) is 11.9 Å². The van der Waals surface area contributed by atoms with Gasteiger partial charge in [-0.15, -0.1) is 0 Å². The van der Waals surface area contributed by atoms with Crippen LogP contribution in [-0.4, -0.2) is 20.9 Å². The molecule has 3 rings (SSSR count). The first kappa shape index (κ1) is 16.6. The molecule has 3 aromatic rings. The van der Waals surface area contributed by atoms with Crippen LogP contribution in [0.3, 0.4) is 0 Å². The molecule has 6 nitrogen and oxygen atoms in total. The van der Waals surface area contributed by atoms with Gasteiger partial charge in [0.15, 0.2) is 0 Å². The number of benzene rings is 1. The van der Waals surface area contributed by atoms with Gasteiger partial charge in [0.25, 0.3) is 5.91 Å². The summed E-state index contributed by atoms with van der Waals surface area (Å²) in [5.74, 6) is 0.328. The van der Waals surface area contributed by atoms with Gasteiger partial charge in [0, 0.05) is 30.7 Å². The molecule has 25 heavy (non-hydrogen) atoms. The normalized spacial score (nSPS) is 10.3. The van der Waals surface area contributed by atoms with Crippen molar-refractivity contribution in [2.24, 2.45) is 0 Å². The van der Waals surface area contributed by atoms with Crippen LogP contribution < -0.4 is 10.6 Å². The third-order valence-corrected chi connectivity index (χ3v) is 3.89. The van der Waals surface area contributed by atoms with E-state index < -0.39 is 0 Å². The Morgan fingerprint density at radius 1 is 1.00 bits per heavy atom. The molecule has 2 N–H and O–H groups in total. The first-order chi connectivity index (χ1) is 12.1. The summed E-state index contributed by atoms with van der Waals surface area (Å²) in [5, 5.41) is 6.04. The molecule has 0 saturated heterocycles. The summed E-state index contributed by atoms with van der Waals surface area (Å²) in [6.45, 7) is 4.64. The summed E-state index contributed by atoms with van der Waals surface area (Å²) in [6, 6.07) is 11.3. The van der Waals surface area contributed by atoms with Crippen LogP contribution in [0.25, 0.3) is 0 Å². The third-order valence-electron chi connectivity index (χ3n) is 3.89. The van der Waals surface area contributed by atoms with E-state index in [1.807, 2.05) is 44.2 Å². The number of aryl methyl sites for hydroxylation is 2. The number of pyridine rings is 1. The van der Waals surface area contributed by atoms with Crippen molar-refractivity contribution in [1.29, 1.82) is 0 Å². The summed E-state index contributed by atoms with van der Waals surface area (Å²) in [7, 11) is 0. The monoisotopic (exact) mass is 333 g/mol. The van der Waals surface area contributed by atoms with E-state index in [1.54, 1.807) is 18.5 Å².